The van der Waals surface area contributed by atoms with Crippen molar-refractivity contribution in [2.75, 3.05) is 13.6 Å². The smallest absolute Gasteiger partial charge is 0.335 e. The first-order chi connectivity index (χ1) is 8.65. The molecule has 2 rings (SSSR count). The number of aromatic carboxylic acids is 1. The van der Waals surface area contributed by atoms with E-state index in [1.807, 2.05) is 12.1 Å². The number of nitrogens with zero attached hydrogens (tertiary/aromatic N) is 1. The fourth-order valence-electron chi connectivity index (χ4n) is 2.33. The predicted octanol–water partition coefficient (Wildman–Crippen LogP) is 3.01. The highest BCUT2D eigenvalue weighted by Gasteiger charge is 2.17. The Morgan fingerprint density at radius 3 is 2.50 bits per heavy atom. The fraction of sp³-hybridized carbons (Fsp3) is 0.533. The highest BCUT2D eigenvalue weighted by atomic mass is 16.4. The van der Waals surface area contributed by atoms with Crippen molar-refractivity contribution in [1.82, 2.24) is 4.90 Å². The Balaban J connectivity index is 1.78. The summed E-state index contributed by atoms with van der Waals surface area (Å²) in [4.78, 5) is 13.1. The summed E-state index contributed by atoms with van der Waals surface area (Å²) in [7, 11) is 2.13. The van der Waals surface area contributed by atoms with Crippen molar-refractivity contribution < 1.29 is 9.90 Å². The molecule has 0 saturated heterocycles. The van der Waals surface area contributed by atoms with Gasteiger partial charge in [-0.3, -0.25) is 0 Å². The van der Waals surface area contributed by atoms with Gasteiger partial charge in [0.2, 0.25) is 0 Å². The molecular formula is C15H21NO2. The minimum Gasteiger partial charge on any atom is -0.478 e. The van der Waals surface area contributed by atoms with Gasteiger partial charge in [0.15, 0.2) is 0 Å². The van der Waals surface area contributed by atoms with Crippen molar-refractivity contribution in [3.63, 3.8) is 0 Å². The zero-order valence-electron chi connectivity index (χ0n) is 10.9. The summed E-state index contributed by atoms with van der Waals surface area (Å²) >= 11 is 0. The van der Waals surface area contributed by atoms with Crippen molar-refractivity contribution in [3.8, 4) is 0 Å². The Morgan fingerprint density at radius 2 is 2.00 bits per heavy atom. The summed E-state index contributed by atoms with van der Waals surface area (Å²) in [5, 5.41) is 8.83. The second-order valence-electron chi connectivity index (χ2n) is 5.33. The minimum atomic E-state index is -0.861. The Bertz CT molecular complexity index is 395. The Morgan fingerprint density at radius 1 is 1.33 bits per heavy atom. The molecule has 0 aromatic heterocycles. The van der Waals surface area contributed by atoms with Crippen LogP contribution in [0.1, 0.15) is 41.6 Å². The Hall–Kier alpha value is -1.35. The van der Waals surface area contributed by atoms with Gasteiger partial charge in [-0.05, 0) is 43.6 Å². The van der Waals surface area contributed by atoms with Crippen LogP contribution in [0.15, 0.2) is 24.3 Å². The van der Waals surface area contributed by atoms with Gasteiger partial charge in [0.1, 0.15) is 0 Å². The van der Waals surface area contributed by atoms with E-state index < -0.39 is 5.97 Å². The van der Waals surface area contributed by atoms with Crippen LogP contribution in [0.3, 0.4) is 0 Å². The third-order valence-electron chi connectivity index (χ3n) is 3.80. The molecule has 1 aromatic rings. The van der Waals surface area contributed by atoms with Crippen LogP contribution in [0.5, 0.6) is 0 Å². The van der Waals surface area contributed by atoms with Crippen LogP contribution < -0.4 is 0 Å². The highest BCUT2D eigenvalue weighted by Crippen LogP contribution is 2.29. The normalized spacial score (nSPS) is 15.7. The number of carbonyl (C=O) groups is 1. The molecule has 1 fully saturated rings. The third kappa shape index (κ3) is 3.57. The summed E-state index contributed by atoms with van der Waals surface area (Å²) in [5.74, 6) is 0.0849. The zero-order chi connectivity index (χ0) is 13.0. The van der Waals surface area contributed by atoms with Crippen LogP contribution in [-0.4, -0.2) is 29.6 Å². The number of hydrogen-bond acceptors (Lipinski definition) is 2. The van der Waals surface area contributed by atoms with Gasteiger partial charge in [-0.25, -0.2) is 4.79 Å². The predicted molar refractivity (Wildman–Crippen MR) is 71.7 cm³/mol. The summed E-state index contributed by atoms with van der Waals surface area (Å²) < 4.78 is 0. The molecule has 0 atom stereocenters. The SMILES string of the molecule is CN(CCC1CCC1)Cc1ccc(C(=O)O)cc1. The van der Waals surface area contributed by atoms with Gasteiger partial charge in [-0.2, -0.15) is 0 Å². The van der Waals surface area contributed by atoms with E-state index in [2.05, 4.69) is 11.9 Å². The van der Waals surface area contributed by atoms with E-state index >= 15 is 0 Å². The Labute approximate surface area is 108 Å². The van der Waals surface area contributed by atoms with Crippen molar-refractivity contribution >= 4 is 5.97 Å². The molecule has 0 unspecified atom stereocenters. The third-order valence-corrected chi connectivity index (χ3v) is 3.80. The average molecular weight is 247 g/mol. The lowest BCUT2D eigenvalue weighted by atomic mass is 9.83. The largest absolute Gasteiger partial charge is 0.478 e. The molecule has 98 valence electrons. The lowest BCUT2D eigenvalue weighted by molar-refractivity contribution is 0.0697. The molecule has 3 heteroatoms. The van der Waals surface area contributed by atoms with Gasteiger partial charge in [0.25, 0.3) is 0 Å². The summed E-state index contributed by atoms with van der Waals surface area (Å²) in [6.07, 6.45) is 5.51. The standard InChI is InChI=1S/C15H21NO2/c1-16(10-9-12-3-2-4-12)11-13-5-7-14(8-6-13)15(17)18/h5-8,12H,2-4,9-11H2,1H3,(H,17,18). The minimum absolute atomic E-state index is 0.357. The molecule has 1 aromatic carbocycles. The van der Waals surface area contributed by atoms with E-state index in [4.69, 9.17) is 5.11 Å². The number of carboxylic acid groups (broad SMARTS) is 1. The molecule has 18 heavy (non-hydrogen) atoms. The van der Waals surface area contributed by atoms with Gasteiger partial charge in [-0.15, -0.1) is 0 Å². The van der Waals surface area contributed by atoms with Crippen LogP contribution in [0.2, 0.25) is 0 Å². The molecule has 0 amide bonds. The second kappa shape index (κ2) is 6.01. The Kier molecular flexibility index (Phi) is 4.37. The van der Waals surface area contributed by atoms with Crippen molar-refractivity contribution in [1.29, 1.82) is 0 Å². The van der Waals surface area contributed by atoms with Crippen LogP contribution in [0.25, 0.3) is 0 Å². The maximum Gasteiger partial charge on any atom is 0.335 e. The lowest BCUT2D eigenvalue weighted by Gasteiger charge is -2.27. The second-order valence-corrected chi connectivity index (χ2v) is 5.33. The number of benzene rings is 1. The monoisotopic (exact) mass is 247 g/mol. The van der Waals surface area contributed by atoms with E-state index in [1.54, 1.807) is 12.1 Å². The van der Waals surface area contributed by atoms with Gasteiger partial charge in [0, 0.05) is 6.54 Å². The van der Waals surface area contributed by atoms with Crippen LogP contribution in [-0.2, 0) is 6.54 Å². The van der Waals surface area contributed by atoms with Crippen LogP contribution in [0.4, 0.5) is 0 Å². The molecule has 1 aliphatic rings. The molecule has 0 bridgehead atoms. The molecule has 0 heterocycles. The number of carboxylic acids is 1. The maximum absolute atomic E-state index is 10.7. The zero-order valence-corrected chi connectivity index (χ0v) is 10.9. The van der Waals surface area contributed by atoms with E-state index in [0.717, 1.165) is 19.0 Å². The topological polar surface area (TPSA) is 40.5 Å². The summed E-state index contributed by atoms with van der Waals surface area (Å²) in [6.45, 7) is 2.03. The van der Waals surface area contributed by atoms with Crippen molar-refractivity contribution in [2.24, 2.45) is 5.92 Å². The fourth-order valence-corrected chi connectivity index (χ4v) is 2.33. The first kappa shape index (κ1) is 13.1. The highest BCUT2D eigenvalue weighted by molar-refractivity contribution is 5.87. The van der Waals surface area contributed by atoms with Crippen LogP contribution in [0, 0.1) is 5.92 Å². The molecule has 0 aliphatic heterocycles. The molecule has 1 saturated carbocycles. The first-order valence-electron chi connectivity index (χ1n) is 6.66. The summed E-state index contributed by atoms with van der Waals surface area (Å²) in [6, 6.07) is 7.17. The maximum atomic E-state index is 10.7. The quantitative estimate of drug-likeness (QED) is 0.840. The van der Waals surface area contributed by atoms with Gasteiger partial charge >= 0.3 is 5.97 Å². The molecular weight excluding hydrogens is 226 g/mol. The van der Waals surface area contributed by atoms with Crippen LogP contribution >= 0.6 is 0 Å². The van der Waals surface area contributed by atoms with Gasteiger partial charge < -0.3 is 10.0 Å². The molecule has 1 N–H and O–H groups in total. The van der Waals surface area contributed by atoms with E-state index in [1.165, 1.54) is 31.2 Å². The van der Waals surface area contributed by atoms with Crippen molar-refractivity contribution in [3.05, 3.63) is 35.4 Å². The molecule has 0 radical (unpaired) electrons. The molecule has 0 spiro atoms. The molecule has 1 aliphatic carbocycles. The summed E-state index contributed by atoms with van der Waals surface area (Å²) in [5.41, 5.74) is 1.53. The van der Waals surface area contributed by atoms with Gasteiger partial charge in [0.05, 0.1) is 5.56 Å². The lowest BCUT2D eigenvalue weighted by Crippen LogP contribution is -2.23. The first-order valence-corrected chi connectivity index (χ1v) is 6.66. The van der Waals surface area contributed by atoms with Gasteiger partial charge in [-0.1, -0.05) is 31.4 Å². The average Bonchev–Trinajstić information content (AvgIpc) is 2.27. The number of rotatable bonds is 6. The molecule has 3 nitrogen and oxygen atoms in total. The van der Waals surface area contributed by atoms with E-state index in [-0.39, 0.29) is 0 Å². The van der Waals surface area contributed by atoms with Crippen molar-refractivity contribution in [2.45, 2.75) is 32.2 Å². The number of hydrogen-bond donors (Lipinski definition) is 1. The van der Waals surface area contributed by atoms with E-state index in [0.29, 0.717) is 5.56 Å². The van der Waals surface area contributed by atoms with E-state index in [9.17, 15) is 4.79 Å².